The molecule has 198 valence electrons. The van der Waals surface area contributed by atoms with Crippen LogP contribution in [0.15, 0.2) is 59.8 Å². The molecule has 2 saturated carbocycles. The molecule has 0 spiro atoms. The molecule has 1 amide bonds. The van der Waals surface area contributed by atoms with E-state index in [4.69, 9.17) is 0 Å². The van der Waals surface area contributed by atoms with Gasteiger partial charge in [-0.1, -0.05) is 45.2 Å². The maximum absolute atomic E-state index is 11.9. The number of carbonyl (C=O) groups is 1. The second kappa shape index (κ2) is 10.8. The van der Waals surface area contributed by atoms with E-state index in [1.165, 1.54) is 77.5 Å². The molecule has 4 nitrogen and oxygen atoms in total. The van der Waals surface area contributed by atoms with Crippen LogP contribution in [0.2, 0.25) is 0 Å². The number of allylic oxidation sites excluding steroid dienone is 2. The van der Waals surface area contributed by atoms with Gasteiger partial charge in [-0.05, 0) is 110 Å². The van der Waals surface area contributed by atoms with E-state index in [1.807, 2.05) is 12.1 Å². The van der Waals surface area contributed by atoms with Gasteiger partial charge in [0.1, 0.15) is 0 Å². The molecular formula is C34H41N3O. The Hall–Kier alpha value is -3.27. The van der Waals surface area contributed by atoms with Crippen molar-refractivity contribution in [2.24, 2.45) is 5.92 Å². The summed E-state index contributed by atoms with van der Waals surface area (Å²) in [4.78, 5) is 11.9. The largest absolute Gasteiger partial charge is 0.355 e. The van der Waals surface area contributed by atoms with Gasteiger partial charge in [-0.25, -0.2) is 0 Å². The van der Waals surface area contributed by atoms with Crippen LogP contribution in [0.3, 0.4) is 0 Å². The van der Waals surface area contributed by atoms with E-state index in [1.54, 1.807) is 0 Å². The van der Waals surface area contributed by atoms with Crippen molar-refractivity contribution in [3.8, 4) is 0 Å². The third kappa shape index (κ3) is 5.18. The number of hydrogen-bond donors (Lipinski definition) is 2. The molecule has 1 aliphatic heterocycles. The van der Waals surface area contributed by atoms with Crippen LogP contribution in [0, 0.1) is 5.92 Å². The number of anilines is 2. The lowest BCUT2D eigenvalue weighted by molar-refractivity contribution is -0.116. The molecule has 6 rings (SSSR count). The van der Waals surface area contributed by atoms with Gasteiger partial charge in [0, 0.05) is 46.6 Å². The molecule has 3 aromatic rings. The first-order valence-corrected chi connectivity index (χ1v) is 14.8. The minimum atomic E-state index is 0.110. The molecule has 2 N–H and O–H groups in total. The topological polar surface area (TPSA) is 46.1 Å². The van der Waals surface area contributed by atoms with E-state index in [9.17, 15) is 4.79 Å². The Kier molecular flexibility index (Phi) is 7.14. The van der Waals surface area contributed by atoms with Crippen molar-refractivity contribution >= 4 is 34.3 Å². The van der Waals surface area contributed by atoms with Crippen LogP contribution < -0.4 is 10.6 Å². The second-order valence-electron chi connectivity index (χ2n) is 11.9. The third-order valence-corrected chi connectivity index (χ3v) is 8.87. The van der Waals surface area contributed by atoms with Crippen LogP contribution in [-0.4, -0.2) is 10.5 Å². The van der Waals surface area contributed by atoms with E-state index in [0.29, 0.717) is 12.3 Å². The Morgan fingerprint density at radius 2 is 1.87 bits per heavy atom. The quantitative estimate of drug-likeness (QED) is 0.336. The van der Waals surface area contributed by atoms with Gasteiger partial charge in [0.2, 0.25) is 5.91 Å². The molecule has 1 aromatic heterocycles. The van der Waals surface area contributed by atoms with Crippen molar-refractivity contribution in [3.05, 3.63) is 76.6 Å². The fourth-order valence-electron chi connectivity index (χ4n) is 6.37. The molecule has 0 bridgehead atoms. The van der Waals surface area contributed by atoms with Crippen LogP contribution in [0.25, 0.3) is 17.0 Å². The highest BCUT2D eigenvalue weighted by atomic mass is 16.1. The van der Waals surface area contributed by atoms with E-state index in [2.05, 4.69) is 71.5 Å². The van der Waals surface area contributed by atoms with Crippen molar-refractivity contribution in [1.29, 1.82) is 0 Å². The van der Waals surface area contributed by atoms with E-state index < -0.39 is 0 Å². The van der Waals surface area contributed by atoms with Crippen LogP contribution >= 0.6 is 0 Å². The molecule has 0 saturated heterocycles. The number of fused-ring (bicyclic) bond motifs is 2. The normalized spacial score (nSPS) is 18.1. The zero-order valence-corrected chi connectivity index (χ0v) is 23.0. The molecule has 38 heavy (non-hydrogen) atoms. The van der Waals surface area contributed by atoms with Crippen molar-refractivity contribution in [2.75, 3.05) is 10.6 Å². The number of amides is 1. The smallest absolute Gasteiger partial charge is 0.224 e. The summed E-state index contributed by atoms with van der Waals surface area (Å²) >= 11 is 0. The molecule has 2 aliphatic carbocycles. The summed E-state index contributed by atoms with van der Waals surface area (Å²) in [6.07, 6.45) is 16.4. The van der Waals surface area contributed by atoms with Gasteiger partial charge < -0.3 is 15.2 Å². The predicted octanol–water partition coefficient (Wildman–Crippen LogP) is 8.79. The highest BCUT2D eigenvalue weighted by Crippen LogP contribution is 2.35. The zero-order chi connectivity index (χ0) is 26.1. The zero-order valence-electron chi connectivity index (χ0n) is 23.0. The molecule has 0 radical (unpaired) electrons. The lowest BCUT2D eigenvalue weighted by Gasteiger charge is -2.25. The van der Waals surface area contributed by atoms with Crippen LogP contribution in [-0.2, 0) is 17.8 Å². The summed E-state index contributed by atoms with van der Waals surface area (Å²) in [7, 11) is 0. The van der Waals surface area contributed by atoms with Crippen molar-refractivity contribution in [2.45, 2.75) is 90.5 Å². The highest BCUT2D eigenvalue weighted by Gasteiger charge is 2.21. The van der Waals surface area contributed by atoms with Gasteiger partial charge in [-0.3, -0.25) is 4.79 Å². The Morgan fingerprint density at radius 1 is 1.03 bits per heavy atom. The molecule has 2 aromatic carbocycles. The maximum atomic E-state index is 11.9. The lowest BCUT2D eigenvalue weighted by Crippen LogP contribution is -2.20. The number of hydrogen-bond acceptors (Lipinski definition) is 2. The first-order chi connectivity index (χ1) is 18.5. The van der Waals surface area contributed by atoms with Crippen LogP contribution in [0.5, 0.6) is 0 Å². The average molecular weight is 508 g/mol. The predicted molar refractivity (Wildman–Crippen MR) is 160 cm³/mol. The minimum absolute atomic E-state index is 0.110. The highest BCUT2D eigenvalue weighted by molar-refractivity contribution is 5.95. The fourth-order valence-corrected chi connectivity index (χ4v) is 6.37. The Labute approximate surface area is 227 Å². The first kappa shape index (κ1) is 25.0. The standard InChI is InChI=1S/C34H41N3O/c1-23(2)26-14-18-33-27(20-26)21-28(37(33)22-24-8-4-3-5-9-24)15-17-30(25-10-6-11-25)35-31-12-7-13-32-29(31)16-19-34(38)36-32/h7,12-15,17-18,20-21,23-24,35H,3-6,8-11,16,19,22H2,1-2H3,(H,36,38)/b17-15+. The number of nitrogens with zero attached hydrogens (tertiary/aromatic N) is 1. The molecule has 2 heterocycles. The van der Waals surface area contributed by atoms with E-state index in [0.717, 1.165) is 43.1 Å². The molecule has 0 atom stereocenters. The molecule has 3 aliphatic rings. The third-order valence-electron chi connectivity index (χ3n) is 8.87. The average Bonchev–Trinajstić information content (AvgIpc) is 3.23. The van der Waals surface area contributed by atoms with Gasteiger partial charge in [-0.15, -0.1) is 0 Å². The molecule has 0 unspecified atom stereocenters. The second-order valence-corrected chi connectivity index (χ2v) is 11.9. The summed E-state index contributed by atoms with van der Waals surface area (Å²) in [5.41, 5.74) is 10.1. The minimum Gasteiger partial charge on any atom is -0.355 e. The fraction of sp³-hybridized carbons (Fsp3) is 0.441. The van der Waals surface area contributed by atoms with Crippen molar-refractivity contribution < 1.29 is 4.79 Å². The number of carbonyl (C=O) groups excluding carboxylic acids is 1. The number of aromatic nitrogens is 1. The van der Waals surface area contributed by atoms with Gasteiger partial charge in [-0.2, -0.15) is 0 Å². The summed E-state index contributed by atoms with van der Waals surface area (Å²) in [6, 6.07) is 15.6. The van der Waals surface area contributed by atoms with Crippen LogP contribution in [0.1, 0.15) is 94.4 Å². The summed E-state index contributed by atoms with van der Waals surface area (Å²) in [6.45, 7) is 5.66. The number of rotatable bonds is 7. The molecule has 4 heteroatoms. The van der Waals surface area contributed by atoms with Gasteiger partial charge in [0.05, 0.1) is 0 Å². The van der Waals surface area contributed by atoms with Gasteiger partial charge in [0.25, 0.3) is 0 Å². The summed E-state index contributed by atoms with van der Waals surface area (Å²) in [5, 5.41) is 8.18. The number of benzene rings is 2. The lowest BCUT2D eigenvalue weighted by atomic mass is 9.89. The van der Waals surface area contributed by atoms with E-state index >= 15 is 0 Å². The maximum Gasteiger partial charge on any atom is 0.224 e. The summed E-state index contributed by atoms with van der Waals surface area (Å²) < 4.78 is 2.58. The van der Waals surface area contributed by atoms with Crippen molar-refractivity contribution in [1.82, 2.24) is 4.57 Å². The van der Waals surface area contributed by atoms with Gasteiger partial charge in [0.15, 0.2) is 0 Å². The van der Waals surface area contributed by atoms with E-state index in [-0.39, 0.29) is 5.91 Å². The molecule has 2 fully saturated rings. The Morgan fingerprint density at radius 3 is 2.63 bits per heavy atom. The first-order valence-electron chi connectivity index (χ1n) is 14.8. The van der Waals surface area contributed by atoms with Crippen LogP contribution in [0.4, 0.5) is 11.4 Å². The van der Waals surface area contributed by atoms with Gasteiger partial charge >= 0.3 is 0 Å². The monoisotopic (exact) mass is 507 g/mol. The Bertz CT molecular complexity index is 1390. The molecular weight excluding hydrogens is 466 g/mol. The SMILES string of the molecule is CC(C)c1ccc2c(c1)cc(/C=C/C(Nc1cccc3c1CCC(=O)N3)=C1CCC1)n2CC1CCCCC1. The summed E-state index contributed by atoms with van der Waals surface area (Å²) in [5.74, 6) is 1.41. The Balaban J connectivity index is 1.34. The number of nitrogens with one attached hydrogen (secondary N) is 2. The van der Waals surface area contributed by atoms with Crippen molar-refractivity contribution in [3.63, 3.8) is 0 Å².